The quantitative estimate of drug-likeness (QED) is 0.193. The van der Waals surface area contributed by atoms with Crippen molar-refractivity contribution in [1.82, 2.24) is 9.66 Å². The number of nitrogens with zero attached hydrogens (tertiary/aromatic N) is 3. The Morgan fingerprint density at radius 1 is 1.06 bits per heavy atom. The molecule has 6 nitrogen and oxygen atoms in total. The molecule has 11 heteroatoms. The van der Waals surface area contributed by atoms with Crippen LogP contribution in [0.1, 0.15) is 17.0 Å². The van der Waals surface area contributed by atoms with Crippen LogP contribution in [0.15, 0.2) is 65.8 Å². The van der Waals surface area contributed by atoms with E-state index in [1.54, 1.807) is 50.6 Å². The number of hydrogen-bond acceptors (Lipinski definition) is 5. The maximum Gasteiger partial charge on any atom is 0.282 e. The van der Waals surface area contributed by atoms with Gasteiger partial charge in [0.05, 0.1) is 38.7 Å². The van der Waals surface area contributed by atoms with E-state index in [-0.39, 0.29) is 12.2 Å². The second-order valence-corrected chi connectivity index (χ2v) is 10.7. The highest BCUT2D eigenvalue weighted by Gasteiger charge is 2.17. The van der Waals surface area contributed by atoms with Crippen molar-refractivity contribution in [2.75, 3.05) is 7.11 Å². The predicted octanol–water partition coefficient (Wildman–Crippen LogP) is 7.77. The first kappa shape index (κ1) is 26.2. The minimum absolute atomic E-state index is 0.249. The molecule has 3 aromatic carbocycles. The van der Waals surface area contributed by atoms with Crippen LogP contribution in [-0.2, 0) is 6.61 Å². The molecule has 35 heavy (non-hydrogen) atoms. The molecule has 0 bridgehead atoms. The van der Waals surface area contributed by atoms with Crippen molar-refractivity contribution in [2.24, 2.45) is 5.10 Å². The minimum Gasteiger partial charge on any atom is -0.493 e. The van der Waals surface area contributed by atoms with E-state index in [9.17, 15) is 4.79 Å². The van der Waals surface area contributed by atoms with E-state index in [2.05, 4.69) is 57.9 Å². The van der Waals surface area contributed by atoms with Crippen molar-refractivity contribution in [2.45, 2.75) is 13.5 Å². The van der Waals surface area contributed by atoms with Gasteiger partial charge in [-0.15, -0.1) is 0 Å². The Labute approximate surface area is 236 Å². The smallest absolute Gasteiger partial charge is 0.282 e. The lowest BCUT2D eigenvalue weighted by Gasteiger charge is -2.15. The number of halogens is 5. The van der Waals surface area contributed by atoms with Gasteiger partial charge in [-0.1, -0.05) is 45.2 Å². The first-order chi connectivity index (χ1) is 16.7. The Morgan fingerprint density at radius 3 is 2.54 bits per heavy atom. The van der Waals surface area contributed by atoms with E-state index < -0.39 is 0 Å². The van der Waals surface area contributed by atoms with E-state index in [1.807, 2.05) is 12.1 Å². The Hall–Kier alpha value is -1.91. The summed E-state index contributed by atoms with van der Waals surface area (Å²) in [4.78, 5) is 17.5. The summed E-state index contributed by atoms with van der Waals surface area (Å²) in [5, 5.41) is 5.79. The zero-order chi connectivity index (χ0) is 25.3. The standard InChI is InChI=1S/C24H16Br3Cl2N3O3/c1-12-31-19-6-4-15(25)9-16(19)24(33)32(12)30-10-14-8-20(34-2)23(22(27)21(14)26)35-11-13-3-5-17(28)18(29)7-13/h3-10H,11H2,1-2H3. The van der Waals surface area contributed by atoms with Crippen LogP contribution in [0.4, 0.5) is 0 Å². The molecule has 180 valence electrons. The van der Waals surface area contributed by atoms with Gasteiger partial charge in [-0.05, 0) is 80.7 Å². The minimum atomic E-state index is -0.270. The molecule has 0 aliphatic heterocycles. The van der Waals surface area contributed by atoms with Gasteiger partial charge < -0.3 is 9.47 Å². The van der Waals surface area contributed by atoms with Crippen LogP contribution < -0.4 is 15.0 Å². The predicted molar refractivity (Wildman–Crippen MR) is 151 cm³/mol. The summed E-state index contributed by atoms with van der Waals surface area (Å²) in [7, 11) is 1.54. The SMILES string of the molecule is COc1cc(C=Nn2c(C)nc3ccc(Br)cc3c2=O)c(Br)c(Br)c1OCc1ccc(Cl)c(Cl)c1. The molecule has 0 fully saturated rings. The van der Waals surface area contributed by atoms with Gasteiger partial charge in [-0.25, -0.2) is 4.98 Å². The third kappa shape index (κ3) is 5.59. The molecule has 0 aliphatic rings. The average molecular weight is 705 g/mol. The molecule has 4 aromatic rings. The van der Waals surface area contributed by atoms with Crippen molar-refractivity contribution in [3.8, 4) is 11.5 Å². The van der Waals surface area contributed by atoms with Crippen LogP contribution in [0.5, 0.6) is 11.5 Å². The first-order valence-electron chi connectivity index (χ1n) is 10.1. The molecule has 0 radical (unpaired) electrons. The van der Waals surface area contributed by atoms with Crippen molar-refractivity contribution in [3.63, 3.8) is 0 Å². The van der Waals surface area contributed by atoms with Crippen molar-refractivity contribution >= 4 is 88.1 Å². The average Bonchev–Trinajstić information content (AvgIpc) is 2.83. The fourth-order valence-electron chi connectivity index (χ4n) is 3.29. The summed E-state index contributed by atoms with van der Waals surface area (Å²) in [6.45, 7) is 1.98. The highest BCUT2D eigenvalue weighted by Crippen LogP contribution is 2.42. The lowest BCUT2D eigenvalue weighted by atomic mass is 10.2. The fourth-order valence-corrected chi connectivity index (χ4v) is 4.90. The summed E-state index contributed by atoms with van der Waals surface area (Å²) < 4.78 is 14.9. The Balaban J connectivity index is 1.68. The van der Waals surface area contributed by atoms with E-state index in [4.69, 9.17) is 32.7 Å². The largest absolute Gasteiger partial charge is 0.493 e. The second kappa shape index (κ2) is 11.0. The molecule has 0 unspecified atom stereocenters. The van der Waals surface area contributed by atoms with Crippen molar-refractivity contribution in [1.29, 1.82) is 0 Å². The van der Waals surface area contributed by atoms with Gasteiger partial charge in [-0.2, -0.15) is 9.78 Å². The Kier molecular flexibility index (Phi) is 8.23. The summed E-state index contributed by atoms with van der Waals surface area (Å²) >= 11 is 22.6. The van der Waals surface area contributed by atoms with E-state index in [0.29, 0.717) is 52.8 Å². The fraction of sp³-hybridized carbons (Fsp3) is 0.125. The number of hydrogen-bond donors (Lipinski definition) is 0. The molecule has 1 aromatic heterocycles. The number of fused-ring (bicyclic) bond motifs is 1. The highest BCUT2D eigenvalue weighted by atomic mass is 79.9. The molecule has 0 amide bonds. The molecular weight excluding hydrogens is 689 g/mol. The summed E-state index contributed by atoms with van der Waals surface area (Å²) in [6, 6.07) is 12.4. The lowest BCUT2D eigenvalue weighted by Crippen LogP contribution is -2.20. The molecule has 0 N–H and O–H groups in total. The number of aryl methyl sites for hydroxylation is 1. The molecule has 0 saturated carbocycles. The van der Waals surface area contributed by atoms with Gasteiger partial charge in [0.15, 0.2) is 11.5 Å². The van der Waals surface area contributed by atoms with Gasteiger partial charge in [0.1, 0.15) is 12.4 Å². The third-order valence-corrected chi connectivity index (χ3v) is 8.40. The zero-order valence-corrected chi connectivity index (χ0v) is 24.6. The second-order valence-electron chi connectivity index (χ2n) is 7.34. The number of benzene rings is 3. The summed E-state index contributed by atoms with van der Waals surface area (Å²) in [5.74, 6) is 1.43. The van der Waals surface area contributed by atoms with Crippen LogP contribution in [0, 0.1) is 6.92 Å². The zero-order valence-electron chi connectivity index (χ0n) is 18.3. The van der Waals surface area contributed by atoms with Gasteiger partial charge >= 0.3 is 0 Å². The van der Waals surface area contributed by atoms with Crippen LogP contribution in [0.25, 0.3) is 10.9 Å². The van der Waals surface area contributed by atoms with Crippen LogP contribution in [-0.4, -0.2) is 23.0 Å². The number of rotatable bonds is 6. The normalized spacial score (nSPS) is 11.4. The van der Waals surface area contributed by atoms with E-state index >= 15 is 0 Å². The van der Waals surface area contributed by atoms with Crippen molar-refractivity contribution < 1.29 is 9.47 Å². The monoisotopic (exact) mass is 701 g/mol. The maximum atomic E-state index is 13.0. The van der Waals surface area contributed by atoms with Gasteiger partial charge in [0.25, 0.3) is 5.56 Å². The highest BCUT2D eigenvalue weighted by molar-refractivity contribution is 9.13. The number of ether oxygens (including phenoxy) is 2. The maximum absolute atomic E-state index is 13.0. The molecule has 0 atom stereocenters. The first-order valence-corrected chi connectivity index (χ1v) is 13.2. The number of methoxy groups -OCH3 is 1. The molecule has 1 heterocycles. The van der Waals surface area contributed by atoms with E-state index in [0.717, 1.165) is 10.0 Å². The lowest BCUT2D eigenvalue weighted by molar-refractivity contribution is 0.282. The molecule has 0 saturated heterocycles. The molecular formula is C24H16Br3Cl2N3O3. The third-order valence-electron chi connectivity index (χ3n) is 5.03. The molecule has 0 spiro atoms. The van der Waals surface area contributed by atoms with E-state index in [1.165, 1.54) is 4.68 Å². The number of aromatic nitrogens is 2. The van der Waals surface area contributed by atoms with Crippen molar-refractivity contribution in [3.05, 3.63) is 93.2 Å². The van der Waals surface area contributed by atoms with Crippen LogP contribution in [0.3, 0.4) is 0 Å². The van der Waals surface area contributed by atoms with Crippen LogP contribution >= 0.6 is 71.0 Å². The Morgan fingerprint density at radius 2 is 1.83 bits per heavy atom. The summed E-state index contributed by atoms with van der Waals surface area (Å²) in [5.41, 5.74) is 1.85. The molecule has 0 aliphatic carbocycles. The molecule has 4 rings (SSSR count). The van der Waals surface area contributed by atoms with Gasteiger partial charge in [0.2, 0.25) is 0 Å². The van der Waals surface area contributed by atoms with Crippen LogP contribution in [0.2, 0.25) is 10.0 Å². The topological polar surface area (TPSA) is 65.7 Å². The van der Waals surface area contributed by atoms with Gasteiger partial charge in [-0.3, -0.25) is 4.79 Å². The van der Waals surface area contributed by atoms with Gasteiger partial charge in [0, 0.05) is 14.5 Å². The Bertz CT molecular complexity index is 1540. The summed E-state index contributed by atoms with van der Waals surface area (Å²) in [6.07, 6.45) is 1.56.